The maximum atomic E-state index is 5.40. The van der Waals surface area contributed by atoms with Crippen molar-refractivity contribution in [1.29, 1.82) is 0 Å². The van der Waals surface area contributed by atoms with Gasteiger partial charge in [0.05, 0.1) is 23.6 Å². The minimum absolute atomic E-state index is 0.258. The van der Waals surface area contributed by atoms with Crippen molar-refractivity contribution in [2.75, 3.05) is 0 Å². The molecule has 0 saturated carbocycles. The normalized spacial score (nSPS) is 12.9. The van der Waals surface area contributed by atoms with Crippen LogP contribution in [-0.4, -0.2) is 19.3 Å². The number of hydrogen-bond donors (Lipinski definition) is 1. The Morgan fingerprint density at radius 1 is 1.33 bits per heavy atom. The predicted molar refractivity (Wildman–Crippen MR) is 74.1 cm³/mol. The molecule has 0 spiro atoms. The fourth-order valence-electron chi connectivity index (χ4n) is 2.27. The molecule has 0 aliphatic heterocycles. The molecule has 0 aliphatic carbocycles. The van der Waals surface area contributed by atoms with Crippen LogP contribution in [0.2, 0.25) is 0 Å². The Bertz CT molecular complexity index is 708. The predicted octanol–water partition coefficient (Wildman–Crippen LogP) is 3.16. The van der Waals surface area contributed by atoms with Crippen molar-refractivity contribution in [3.05, 3.63) is 47.5 Å². The van der Waals surface area contributed by atoms with Gasteiger partial charge in [0.1, 0.15) is 0 Å². The van der Waals surface area contributed by atoms with Crippen LogP contribution in [0.5, 0.6) is 0 Å². The topological polar surface area (TPSA) is 38.5 Å². The number of nitrogens with zero attached hydrogens (tertiary/aromatic N) is 3. The van der Waals surface area contributed by atoms with Crippen LogP contribution in [0, 0.1) is 4.77 Å². The maximum Gasteiger partial charge on any atom is 0.178 e. The van der Waals surface area contributed by atoms with E-state index in [0.29, 0.717) is 0 Å². The highest BCUT2D eigenvalue weighted by Gasteiger charge is 2.11. The summed E-state index contributed by atoms with van der Waals surface area (Å²) < 4.78 is 4.83. The van der Waals surface area contributed by atoms with Crippen molar-refractivity contribution in [3.63, 3.8) is 0 Å². The standard InChI is InChI=1S/C13H14N4S/c1-10(9-16-8-4-7-14-16)17-12-6-3-2-5-11(12)15-13(17)18/h2-8,10H,9H2,1H3,(H,15,18). The van der Waals surface area contributed by atoms with E-state index < -0.39 is 0 Å². The summed E-state index contributed by atoms with van der Waals surface area (Å²) in [6, 6.07) is 10.4. The van der Waals surface area contributed by atoms with Crippen LogP contribution in [0.1, 0.15) is 13.0 Å². The number of rotatable bonds is 3. The molecule has 2 heterocycles. The first kappa shape index (κ1) is 11.2. The van der Waals surface area contributed by atoms with Gasteiger partial charge in [-0.1, -0.05) is 12.1 Å². The van der Waals surface area contributed by atoms with E-state index in [1.807, 2.05) is 35.1 Å². The number of nitrogens with one attached hydrogen (secondary N) is 1. The first-order chi connectivity index (χ1) is 8.75. The first-order valence-corrected chi connectivity index (χ1v) is 6.33. The smallest absolute Gasteiger partial charge is 0.178 e. The van der Waals surface area contributed by atoms with Gasteiger partial charge in [-0.3, -0.25) is 4.68 Å². The summed E-state index contributed by atoms with van der Waals surface area (Å²) in [6.45, 7) is 2.96. The molecule has 3 rings (SSSR count). The van der Waals surface area contributed by atoms with E-state index in [1.165, 1.54) is 0 Å². The Labute approximate surface area is 110 Å². The first-order valence-electron chi connectivity index (χ1n) is 5.92. The van der Waals surface area contributed by atoms with Crippen LogP contribution < -0.4 is 0 Å². The molecule has 0 bridgehead atoms. The zero-order valence-corrected chi connectivity index (χ0v) is 10.9. The van der Waals surface area contributed by atoms with E-state index in [-0.39, 0.29) is 6.04 Å². The van der Waals surface area contributed by atoms with Crippen molar-refractivity contribution < 1.29 is 0 Å². The number of aromatic nitrogens is 4. The number of fused-ring (bicyclic) bond motifs is 1. The summed E-state index contributed by atoms with van der Waals surface area (Å²) >= 11 is 5.40. The summed E-state index contributed by atoms with van der Waals surface area (Å²) in [5.41, 5.74) is 2.22. The minimum Gasteiger partial charge on any atom is -0.331 e. The fraction of sp³-hybridized carbons (Fsp3) is 0.231. The third-order valence-electron chi connectivity index (χ3n) is 3.08. The second kappa shape index (κ2) is 4.42. The van der Waals surface area contributed by atoms with Gasteiger partial charge in [-0.15, -0.1) is 0 Å². The molecule has 0 saturated heterocycles. The lowest BCUT2D eigenvalue weighted by Gasteiger charge is -2.14. The summed E-state index contributed by atoms with van der Waals surface area (Å²) in [4.78, 5) is 3.24. The largest absolute Gasteiger partial charge is 0.331 e. The molecule has 1 unspecified atom stereocenters. The van der Waals surface area contributed by atoms with E-state index in [9.17, 15) is 0 Å². The molecule has 0 fully saturated rings. The van der Waals surface area contributed by atoms with Crippen molar-refractivity contribution in [2.45, 2.75) is 19.5 Å². The van der Waals surface area contributed by atoms with E-state index in [4.69, 9.17) is 12.2 Å². The Kier molecular flexibility index (Phi) is 2.76. The third-order valence-corrected chi connectivity index (χ3v) is 3.37. The Balaban J connectivity index is 2.03. The average molecular weight is 258 g/mol. The number of benzene rings is 1. The van der Waals surface area contributed by atoms with Gasteiger partial charge in [0.2, 0.25) is 0 Å². The van der Waals surface area contributed by atoms with Crippen molar-refractivity contribution in [1.82, 2.24) is 19.3 Å². The molecule has 2 aromatic heterocycles. The Morgan fingerprint density at radius 2 is 2.17 bits per heavy atom. The number of H-pyrrole nitrogens is 1. The van der Waals surface area contributed by atoms with Crippen LogP contribution in [0.3, 0.4) is 0 Å². The second-order valence-corrected chi connectivity index (χ2v) is 4.78. The maximum absolute atomic E-state index is 5.40. The van der Waals surface area contributed by atoms with E-state index in [1.54, 1.807) is 6.20 Å². The Morgan fingerprint density at radius 3 is 2.94 bits per heavy atom. The number of aromatic amines is 1. The molecule has 1 N–H and O–H groups in total. The van der Waals surface area contributed by atoms with Gasteiger partial charge in [0.25, 0.3) is 0 Å². The van der Waals surface area contributed by atoms with Crippen molar-refractivity contribution in [3.8, 4) is 0 Å². The van der Waals surface area contributed by atoms with Gasteiger partial charge in [-0.2, -0.15) is 5.10 Å². The molecule has 5 heteroatoms. The van der Waals surface area contributed by atoms with E-state index >= 15 is 0 Å². The molecule has 18 heavy (non-hydrogen) atoms. The van der Waals surface area contributed by atoms with Crippen molar-refractivity contribution in [2.24, 2.45) is 0 Å². The number of hydrogen-bond acceptors (Lipinski definition) is 2. The quantitative estimate of drug-likeness (QED) is 0.733. The van der Waals surface area contributed by atoms with Gasteiger partial charge in [-0.05, 0) is 37.3 Å². The van der Waals surface area contributed by atoms with Crippen LogP contribution in [0.25, 0.3) is 11.0 Å². The van der Waals surface area contributed by atoms with Gasteiger partial charge < -0.3 is 9.55 Å². The Hall–Kier alpha value is -1.88. The van der Waals surface area contributed by atoms with E-state index in [0.717, 1.165) is 22.3 Å². The average Bonchev–Trinajstić information content (AvgIpc) is 2.94. The summed E-state index contributed by atoms with van der Waals surface area (Å²) in [6.07, 6.45) is 3.76. The molecule has 4 nitrogen and oxygen atoms in total. The third kappa shape index (κ3) is 1.86. The lowest BCUT2D eigenvalue weighted by atomic mass is 10.3. The molecular weight excluding hydrogens is 244 g/mol. The lowest BCUT2D eigenvalue weighted by molar-refractivity contribution is 0.442. The summed E-state index contributed by atoms with van der Waals surface area (Å²) in [7, 11) is 0. The molecule has 0 amide bonds. The molecule has 3 aromatic rings. The minimum atomic E-state index is 0.258. The zero-order valence-electron chi connectivity index (χ0n) is 10.1. The van der Waals surface area contributed by atoms with Crippen LogP contribution in [0.4, 0.5) is 0 Å². The number of para-hydroxylation sites is 2. The second-order valence-electron chi connectivity index (χ2n) is 4.39. The zero-order chi connectivity index (χ0) is 12.5. The van der Waals surface area contributed by atoms with Gasteiger partial charge in [-0.25, -0.2) is 0 Å². The SMILES string of the molecule is CC(Cn1cccn1)n1c(=S)[nH]c2ccccc21. The van der Waals surface area contributed by atoms with Crippen LogP contribution >= 0.6 is 12.2 Å². The van der Waals surface area contributed by atoms with Gasteiger partial charge in [0.15, 0.2) is 4.77 Å². The van der Waals surface area contributed by atoms with Gasteiger partial charge in [0, 0.05) is 12.4 Å². The molecule has 92 valence electrons. The van der Waals surface area contributed by atoms with Crippen LogP contribution in [-0.2, 0) is 6.54 Å². The van der Waals surface area contributed by atoms with Crippen LogP contribution in [0.15, 0.2) is 42.7 Å². The van der Waals surface area contributed by atoms with Gasteiger partial charge >= 0.3 is 0 Å². The van der Waals surface area contributed by atoms with E-state index in [2.05, 4.69) is 27.6 Å². The summed E-state index contributed by atoms with van der Waals surface area (Å²) in [5, 5.41) is 4.23. The molecular formula is C13H14N4S. The highest BCUT2D eigenvalue weighted by atomic mass is 32.1. The molecule has 1 atom stereocenters. The van der Waals surface area contributed by atoms with Crippen molar-refractivity contribution >= 4 is 23.3 Å². The monoisotopic (exact) mass is 258 g/mol. The fourth-order valence-corrected chi connectivity index (χ4v) is 2.66. The highest BCUT2D eigenvalue weighted by Crippen LogP contribution is 2.19. The highest BCUT2D eigenvalue weighted by molar-refractivity contribution is 7.71. The molecule has 0 radical (unpaired) electrons. The molecule has 0 aliphatic rings. The lowest BCUT2D eigenvalue weighted by Crippen LogP contribution is -2.13. The number of imidazole rings is 1. The molecule has 1 aromatic carbocycles. The summed E-state index contributed by atoms with van der Waals surface area (Å²) in [5.74, 6) is 0.